The van der Waals surface area contributed by atoms with Gasteiger partial charge in [-0.3, -0.25) is 0 Å². The van der Waals surface area contributed by atoms with Crippen molar-refractivity contribution in [2.24, 2.45) is 5.92 Å². The van der Waals surface area contributed by atoms with Crippen molar-refractivity contribution >= 4 is 6.08 Å². The molecule has 1 saturated heterocycles. The molecule has 3 N–H and O–H groups in total. The van der Waals surface area contributed by atoms with Crippen molar-refractivity contribution in [2.45, 2.75) is 44.2 Å². The molecule has 1 aromatic carbocycles. The van der Waals surface area contributed by atoms with Gasteiger partial charge in [-0.25, -0.2) is 0 Å². The number of piperidine rings is 1. The van der Waals surface area contributed by atoms with Gasteiger partial charge in [0.25, 0.3) is 0 Å². The maximum absolute atomic E-state index is 10.5. The Morgan fingerprint density at radius 3 is 2.73 bits per heavy atom. The van der Waals surface area contributed by atoms with Gasteiger partial charge in [-0.05, 0) is 50.3 Å². The molecule has 0 bridgehead atoms. The zero-order valence-electron chi connectivity index (χ0n) is 13.5. The number of hydrogen-bond donors (Lipinski definition) is 3. The van der Waals surface area contributed by atoms with Crippen LogP contribution in [0, 0.1) is 5.92 Å². The Morgan fingerprint density at radius 1 is 1.32 bits per heavy atom. The first-order chi connectivity index (χ1) is 10.7. The van der Waals surface area contributed by atoms with Gasteiger partial charge >= 0.3 is 0 Å². The van der Waals surface area contributed by atoms with Crippen molar-refractivity contribution < 1.29 is 5.11 Å². The standard InChI is InChI=1S/C19H28N2O/c1-2-16(12-15-6-4-3-5-7-15)17-13-18(17)21-14-19(22)8-10-20-11-9-19/h3-7,12,17-18,20-22H,2,8-11,13-14H2,1H3/b16-12+/t17-,18+/m0/s1. The first-order valence-corrected chi connectivity index (χ1v) is 8.62. The molecular weight excluding hydrogens is 272 g/mol. The number of nitrogens with one attached hydrogen (secondary N) is 2. The highest BCUT2D eigenvalue weighted by Crippen LogP contribution is 2.40. The van der Waals surface area contributed by atoms with E-state index in [-0.39, 0.29) is 0 Å². The predicted molar refractivity (Wildman–Crippen MR) is 91.7 cm³/mol. The van der Waals surface area contributed by atoms with E-state index in [2.05, 4.69) is 54.0 Å². The molecule has 0 unspecified atom stereocenters. The van der Waals surface area contributed by atoms with Gasteiger partial charge in [-0.2, -0.15) is 0 Å². The van der Waals surface area contributed by atoms with Gasteiger partial charge in [-0.15, -0.1) is 0 Å². The van der Waals surface area contributed by atoms with E-state index in [1.165, 1.54) is 17.6 Å². The van der Waals surface area contributed by atoms with Crippen LogP contribution in [-0.2, 0) is 0 Å². The molecule has 1 aromatic rings. The molecule has 2 aliphatic rings. The summed E-state index contributed by atoms with van der Waals surface area (Å²) in [7, 11) is 0. The second kappa shape index (κ2) is 6.95. The number of hydrogen-bond acceptors (Lipinski definition) is 3. The quantitative estimate of drug-likeness (QED) is 0.756. The van der Waals surface area contributed by atoms with Crippen molar-refractivity contribution in [1.29, 1.82) is 0 Å². The van der Waals surface area contributed by atoms with Crippen molar-refractivity contribution in [3.63, 3.8) is 0 Å². The fourth-order valence-corrected chi connectivity index (χ4v) is 3.46. The average Bonchev–Trinajstić information content (AvgIpc) is 3.32. The second-order valence-corrected chi connectivity index (χ2v) is 6.79. The van der Waals surface area contributed by atoms with E-state index in [0.717, 1.165) is 38.9 Å². The maximum Gasteiger partial charge on any atom is 0.0795 e. The van der Waals surface area contributed by atoms with Crippen LogP contribution in [0.1, 0.15) is 38.2 Å². The van der Waals surface area contributed by atoms with E-state index in [1.54, 1.807) is 0 Å². The topological polar surface area (TPSA) is 44.3 Å². The summed E-state index contributed by atoms with van der Waals surface area (Å²) in [5, 5.41) is 17.5. The van der Waals surface area contributed by atoms with Gasteiger partial charge in [0.2, 0.25) is 0 Å². The summed E-state index contributed by atoms with van der Waals surface area (Å²) in [6.45, 7) is 4.84. The average molecular weight is 300 g/mol. The Balaban J connectivity index is 1.53. The molecule has 2 fully saturated rings. The summed E-state index contributed by atoms with van der Waals surface area (Å²) in [5.74, 6) is 0.649. The van der Waals surface area contributed by atoms with E-state index >= 15 is 0 Å². The van der Waals surface area contributed by atoms with Gasteiger partial charge in [0.1, 0.15) is 0 Å². The van der Waals surface area contributed by atoms with Crippen molar-refractivity contribution in [3.05, 3.63) is 41.5 Å². The lowest BCUT2D eigenvalue weighted by Crippen LogP contribution is -2.49. The molecule has 0 amide bonds. The van der Waals surface area contributed by atoms with Crippen molar-refractivity contribution in [3.8, 4) is 0 Å². The summed E-state index contributed by atoms with van der Waals surface area (Å²) < 4.78 is 0. The van der Waals surface area contributed by atoms with Gasteiger partial charge in [0.05, 0.1) is 5.60 Å². The molecule has 3 heteroatoms. The Bertz CT molecular complexity index is 505. The molecule has 0 aromatic heterocycles. The highest BCUT2D eigenvalue weighted by Gasteiger charge is 2.40. The third-order valence-electron chi connectivity index (χ3n) is 5.05. The highest BCUT2D eigenvalue weighted by molar-refractivity contribution is 5.54. The van der Waals surface area contributed by atoms with Crippen LogP contribution >= 0.6 is 0 Å². The molecule has 22 heavy (non-hydrogen) atoms. The normalized spacial score (nSPS) is 27.6. The minimum absolute atomic E-state index is 0.506. The van der Waals surface area contributed by atoms with Crippen LogP contribution in [0.3, 0.4) is 0 Å². The van der Waals surface area contributed by atoms with Crippen LogP contribution in [0.2, 0.25) is 0 Å². The molecule has 3 nitrogen and oxygen atoms in total. The van der Waals surface area contributed by atoms with E-state index < -0.39 is 5.60 Å². The number of benzene rings is 1. The summed E-state index contributed by atoms with van der Waals surface area (Å²) in [4.78, 5) is 0. The third kappa shape index (κ3) is 3.97. The number of aliphatic hydroxyl groups is 1. The molecule has 3 rings (SSSR count). The van der Waals surface area contributed by atoms with Gasteiger partial charge < -0.3 is 15.7 Å². The van der Waals surface area contributed by atoms with Gasteiger partial charge in [0, 0.05) is 12.6 Å². The molecule has 2 atom stereocenters. The first kappa shape index (κ1) is 15.7. The smallest absolute Gasteiger partial charge is 0.0795 e. The molecular formula is C19H28N2O. The summed E-state index contributed by atoms with van der Waals surface area (Å²) in [6.07, 6.45) is 6.37. The summed E-state index contributed by atoms with van der Waals surface area (Å²) in [5.41, 5.74) is 2.32. The van der Waals surface area contributed by atoms with Crippen LogP contribution in [0.5, 0.6) is 0 Å². The minimum Gasteiger partial charge on any atom is -0.388 e. The van der Waals surface area contributed by atoms with Crippen molar-refractivity contribution in [1.82, 2.24) is 10.6 Å². The zero-order valence-corrected chi connectivity index (χ0v) is 13.5. The maximum atomic E-state index is 10.5. The van der Waals surface area contributed by atoms with E-state index in [4.69, 9.17) is 0 Å². The predicted octanol–water partition coefficient (Wildman–Crippen LogP) is 2.57. The van der Waals surface area contributed by atoms with Crippen LogP contribution in [0.25, 0.3) is 6.08 Å². The Labute approximate surface area is 133 Å². The number of rotatable bonds is 6. The molecule has 0 spiro atoms. The minimum atomic E-state index is -0.506. The Morgan fingerprint density at radius 2 is 2.05 bits per heavy atom. The Hall–Kier alpha value is -1.16. The second-order valence-electron chi connectivity index (χ2n) is 6.79. The SMILES string of the molecule is CC/C(=C\c1ccccc1)[C@@H]1C[C@H]1NCC1(O)CCNCC1. The van der Waals surface area contributed by atoms with Crippen molar-refractivity contribution in [2.75, 3.05) is 19.6 Å². The van der Waals surface area contributed by atoms with Crippen LogP contribution in [0.4, 0.5) is 0 Å². The fourth-order valence-electron chi connectivity index (χ4n) is 3.46. The molecule has 1 heterocycles. The first-order valence-electron chi connectivity index (χ1n) is 8.62. The van der Waals surface area contributed by atoms with E-state index in [9.17, 15) is 5.11 Å². The zero-order chi connectivity index (χ0) is 15.4. The lowest BCUT2D eigenvalue weighted by molar-refractivity contribution is 0.0107. The largest absolute Gasteiger partial charge is 0.388 e. The summed E-state index contributed by atoms with van der Waals surface area (Å²) >= 11 is 0. The lowest BCUT2D eigenvalue weighted by Gasteiger charge is -2.32. The van der Waals surface area contributed by atoms with Gasteiger partial charge in [0.15, 0.2) is 0 Å². The molecule has 1 aliphatic heterocycles. The van der Waals surface area contributed by atoms with Crippen LogP contribution in [-0.4, -0.2) is 36.4 Å². The monoisotopic (exact) mass is 300 g/mol. The lowest BCUT2D eigenvalue weighted by atomic mass is 9.92. The van der Waals surface area contributed by atoms with E-state index in [0.29, 0.717) is 12.0 Å². The fraction of sp³-hybridized carbons (Fsp3) is 0.579. The molecule has 120 valence electrons. The van der Waals surface area contributed by atoms with Gasteiger partial charge in [-0.1, -0.05) is 48.9 Å². The molecule has 1 aliphatic carbocycles. The van der Waals surface area contributed by atoms with Crippen LogP contribution < -0.4 is 10.6 Å². The van der Waals surface area contributed by atoms with E-state index in [1.807, 2.05) is 0 Å². The summed E-state index contributed by atoms with van der Waals surface area (Å²) in [6, 6.07) is 11.1. The van der Waals surface area contributed by atoms with Crippen LogP contribution in [0.15, 0.2) is 35.9 Å². The molecule has 0 radical (unpaired) electrons. The molecule has 1 saturated carbocycles. The highest BCUT2D eigenvalue weighted by atomic mass is 16.3. The third-order valence-corrected chi connectivity index (χ3v) is 5.05. The Kier molecular flexibility index (Phi) is 4.97.